The highest BCUT2D eigenvalue weighted by Gasteiger charge is 2.62. The van der Waals surface area contributed by atoms with Gasteiger partial charge in [0.25, 0.3) is 0 Å². The van der Waals surface area contributed by atoms with Gasteiger partial charge in [0, 0.05) is 25.2 Å². The lowest BCUT2D eigenvalue weighted by Crippen LogP contribution is -2.44. The zero-order chi connectivity index (χ0) is 20.6. The number of pyridine rings is 1. The van der Waals surface area contributed by atoms with E-state index in [4.69, 9.17) is 4.74 Å². The Morgan fingerprint density at radius 1 is 1.34 bits per heavy atom. The Labute approximate surface area is 171 Å². The van der Waals surface area contributed by atoms with Crippen LogP contribution in [0.25, 0.3) is 5.52 Å². The Morgan fingerprint density at radius 2 is 2.03 bits per heavy atom. The number of rotatable bonds is 5. The maximum Gasteiger partial charge on any atom is 0.224 e. The third-order valence-electron chi connectivity index (χ3n) is 6.62. The molecule has 1 amide bonds. The Bertz CT molecular complexity index is 947. The molecular weight excluding hydrogens is 368 g/mol. The molecule has 1 saturated heterocycles. The van der Waals surface area contributed by atoms with Gasteiger partial charge in [0.1, 0.15) is 5.82 Å². The molecule has 0 aromatic carbocycles. The first kappa shape index (κ1) is 19.0. The van der Waals surface area contributed by atoms with Crippen LogP contribution in [0.15, 0.2) is 24.5 Å². The summed E-state index contributed by atoms with van der Waals surface area (Å²) in [6.45, 7) is 9.28. The van der Waals surface area contributed by atoms with Gasteiger partial charge in [-0.25, -0.2) is 4.98 Å². The number of piperidine rings is 1. The number of fused-ring (bicyclic) bond motifs is 2. The smallest absolute Gasteiger partial charge is 0.224 e. The lowest BCUT2D eigenvalue weighted by molar-refractivity contribution is -0.236. The number of aromatic nitrogens is 2. The fourth-order valence-electron chi connectivity index (χ4n) is 4.88. The summed E-state index contributed by atoms with van der Waals surface area (Å²) in [7, 11) is 0. The zero-order valence-corrected chi connectivity index (χ0v) is 17.6. The third kappa shape index (κ3) is 3.25. The summed E-state index contributed by atoms with van der Waals surface area (Å²) in [5.41, 5.74) is 1.55. The van der Waals surface area contributed by atoms with Crippen LogP contribution in [0.5, 0.6) is 0 Å². The van der Waals surface area contributed by atoms with E-state index in [0.29, 0.717) is 24.9 Å². The van der Waals surface area contributed by atoms with Crippen LogP contribution in [-0.2, 0) is 15.1 Å². The SMILES string of the molecule is Cc1cccn2c(C3(NC(=O)[C@H]4[C@@H]5CN(C(O)OC(C)(C)C)C[C@@H]54)CC3)ncc12. The van der Waals surface area contributed by atoms with Gasteiger partial charge in [-0.1, -0.05) is 6.07 Å². The van der Waals surface area contributed by atoms with Crippen molar-refractivity contribution in [2.45, 2.75) is 58.1 Å². The quantitative estimate of drug-likeness (QED) is 0.754. The van der Waals surface area contributed by atoms with Crippen molar-refractivity contribution in [3.63, 3.8) is 0 Å². The average Bonchev–Trinajstić information content (AvgIpc) is 3.42. The van der Waals surface area contributed by atoms with E-state index in [0.717, 1.165) is 24.2 Å². The van der Waals surface area contributed by atoms with Gasteiger partial charge in [0.05, 0.1) is 22.9 Å². The van der Waals surface area contributed by atoms with Gasteiger partial charge in [0.15, 0.2) is 0 Å². The molecule has 1 aliphatic heterocycles. The highest BCUT2D eigenvalue weighted by atomic mass is 16.6. The van der Waals surface area contributed by atoms with E-state index >= 15 is 0 Å². The molecule has 4 atom stereocenters. The Kier molecular flexibility index (Phi) is 4.11. The molecule has 5 rings (SSSR count). The summed E-state index contributed by atoms with van der Waals surface area (Å²) in [6.07, 6.45) is 4.88. The minimum Gasteiger partial charge on any atom is -0.356 e. The molecule has 0 spiro atoms. The molecule has 0 radical (unpaired) electrons. The molecule has 3 heterocycles. The van der Waals surface area contributed by atoms with Crippen LogP contribution in [0.3, 0.4) is 0 Å². The van der Waals surface area contributed by atoms with E-state index in [1.54, 1.807) is 0 Å². The molecule has 2 aliphatic carbocycles. The number of aliphatic hydroxyl groups is 1. The van der Waals surface area contributed by atoms with Crippen LogP contribution in [-0.4, -0.2) is 50.4 Å². The first-order valence-corrected chi connectivity index (χ1v) is 10.5. The first-order valence-electron chi connectivity index (χ1n) is 10.5. The third-order valence-corrected chi connectivity index (χ3v) is 6.62. The normalized spacial score (nSPS) is 28.9. The van der Waals surface area contributed by atoms with Crippen LogP contribution in [0.1, 0.15) is 45.0 Å². The zero-order valence-electron chi connectivity index (χ0n) is 17.6. The number of nitrogens with zero attached hydrogens (tertiary/aromatic N) is 3. The van der Waals surface area contributed by atoms with Crippen molar-refractivity contribution in [3.05, 3.63) is 35.9 Å². The molecule has 156 valence electrons. The maximum atomic E-state index is 13.0. The van der Waals surface area contributed by atoms with Crippen molar-refractivity contribution in [3.8, 4) is 0 Å². The first-order chi connectivity index (χ1) is 13.7. The number of amides is 1. The predicted molar refractivity (Wildman–Crippen MR) is 108 cm³/mol. The van der Waals surface area contributed by atoms with Gasteiger partial charge in [-0.2, -0.15) is 0 Å². The van der Waals surface area contributed by atoms with E-state index in [1.165, 1.54) is 5.56 Å². The molecule has 2 aromatic heterocycles. The molecule has 7 nitrogen and oxygen atoms in total. The molecular formula is C22H30N4O3. The Hall–Kier alpha value is -1.96. The standard InChI is InChI=1S/C22H30N4O3/c1-13-6-5-9-26-16(13)10-23-19(26)22(7-8-22)24-18(27)17-14-11-25(12-15(14)17)20(28)29-21(2,3)4/h5-6,9-10,14-15,17,20,28H,7-8,11-12H2,1-4H3,(H,24,27)/t14-,15+,17+,20?. The Morgan fingerprint density at radius 3 is 2.66 bits per heavy atom. The van der Waals surface area contributed by atoms with Crippen molar-refractivity contribution in [2.75, 3.05) is 13.1 Å². The number of hydrogen-bond acceptors (Lipinski definition) is 5. The molecule has 2 aromatic rings. The summed E-state index contributed by atoms with van der Waals surface area (Å²) < 4.78 is 7.76. The number of hydrogen-bond donors (Lipinski definition) is 2. The predicted octanol–water partition coefficient (Wildman–Crippen LogP) is 2.02. The van der Waals surface area contributed by atoms with Gasteiger partial charge < -0.3 is 19.6 Å². The number of likely N-dealkylation sites (tertiary alicyclic amines) is 1. The summed E-state index contributed by atoms with van der Waals surface area (Å²) >= 11 is 0. The summed E-state index contributed by atoms with van der Waals surface area (Å²) in [5.74, 6) is 1.73. The number of nitrogens with one attached hydrogen (secondary N) is 1. The highest BCUT2D eigenvalue weighted by molar-refractivity contribution is 5.84. The van der Waals surface area contributed by atoms with Crippen LogP contribution >= 0.6 is 0 Å². The maximum absolute atomic E-state index is 13.0. The molecule has 29 heavy (non-hydrogen) atoms. The number of aryl methyl sites for hydroxylation is 1. The molecule has 2 saturated carbocycles. The Balaban J connectivity index is 1.23. The summed E-state index contributed by atoms with van der Waals surface area (Å²) in [4.78, 5) is 19.6. The highest BCUT2D eigenvalue weighted by Crippen LogP contribution is 2.54. The molecule has 1 unspecified atom stereocenters. The molecule has 0 bridgehead atoms. The van der Waals surface area contributed by atoms with E-state index in [2.05, 4.69) is 27.7 Å². The number of ether oxygens (including phenoxy) is 1. The molecule has 3 fully saturated rings. The molecule has 2 N–H and O–H groups in total. The number of carbonyl (C=O) groups is 1. The van der Waals surface area contributed by atoms with Crippen LogP contribution in [0, 0.1) is 24.7 Å². The van der Waals surface area contributed by atoms with Crippen LogP contribution < -0.4 is 5.32 Å². The average molecular weight is 399 g/mol. The lowest BCUT2D eigenvalue weighted by Gasteiger charge is -2.31. The fourth-order valence-corrected chi connectivity index (χ4v) is 4.88. The number of carbonyl (C=O) groups excluding carboxylic acids is 1. The summed E-state index contributed by atoms with van der Waals surface area (Å²) in [5, 5.41) is 13.6. The second-order valence-electron chi connectivity index (χ2n) is 9.96. The number of aliphatic hydroxyl groups excluding tert-OH is 1. The monoisotopic (exact) mass is 398 g/mol. The second-order valence-corrected chi connectivity index (χ2v) is 9.96. The van der Waals surface area contributed by atoms with Gasteiger partial charge in [-0.3, -0.25) is 9.69 Å². The lowest BCUT2D eigenvalue weighted by atomic mass is 10.2. The minimum atomic E-state index is -0.902. The van der Waals surface area contributed by atoms with Crippen molar-refractivity contribution in [1.82, 2.24) is 19.6 Å². The van der Waals surface area contributed by atoms with Gasteiger partial charge >= 0.3 is 0 Å². The van der Waals surface area contributed by atoms with Crippen LogP contribution in [0.4, 0.5) is 0 Å². The van der Waals surface area contributed by atoms with E-state index in [-0.39, 0.29) is 17.4 Å². The molecule has 7 heteroatoms. The van der Waals surface area contributed by atoms with E-state index in [9.17, 15) is 9.90 Å². The van der Waals surface area contributed by atoms with Gasteiger partial charge in [0.2, 0.25) is 12.3 Å². The van der Waals surface area contributed by atoms with Gasteiger partial charge in [-0.05, 0) is 64.0 Å². The topological polar surface area (TPSA) is 79.1 Å². The summed E-state index contributed by atoms with van der Waals surface area (Å²) in [6, 6.07) is 4.10. The van der Waals surface area contributed by atoms with Crippen molar-refractivity contribution >= 4 is 11.4 Å². The van der Waals surface area contributed by atoms with E-state index < -0.39 is 12.0 Å². The van der Waals surface area contributed by atoms with Gasteiger partial charge in [-0.15, -0.1) is 0 Å². The van der Waals surface area contributed by atoms with Crippen molar-refractivity contribution in [1.29, 1.82) is 0 Å². The van der Waals surface area contributed by atoms with Crippen LogP contribution in [0.2, 0.25) is 0 Å². The minimum absolute atomic E-state index is 0.0403. The largest absolute Gasteiger partial charge is 0.356 e. The fraction of sp³-hybridized carbons (Fsp3) is 0.636. The molecule has 3 aliphatic rings. The van der Waals surface area contributed by atoms with Crippen molar-refractivity contribution in [2.24, 2.45) is 17.8 Å². The van der Waals surface area contributed by atoms with Crippen molar-refractivity contribution < 1.29 is 14.6 Å². The second kappa shape index (κ2) is 6.27. The van der Waals surface area contributed by atoms with E-state index in [1.807, 2.05) is 44.1 Å². The number of imidazole rings is 1.